The molecule has 43 heavy (non-hydrogen) atoms. The minimum Gasteiger partial charge on any atom is -0.469 e. The first-order chi connectivity index (χ1) is 20.3. The van der Waals surface area contributed by atoms with Crippen LogP contribution in [0.25, 0.3) is 0 Å². The zero-order chi connectivity index (χ0) is 31.1. The standard InChI is InChI=1S/C27H29F3N8O5/c1-15-11-18(14-43-15)24(40)38-26(35(2)12-16-3-5-17(6-4-16)22(31)32)33-23(34-38)20-21(27(28,29)30)37(25(20)41)19(39)13-36-7-9-42-10-8-36/h3-6,11,14,20-21H,7-10,12-13H2,1-2H3,(H3,31,32). The van der Waals surface area contributed by atoms with E-state index < -0.39 is 41.7 Å². The number of amidine groups is 1. The molecule has 2 aliphatic heterocycles. The number of aryl methyl sites for hydroxylation is 1. The molecule has 2 aromatic heterocycles. The number of furan rings is 1. The summed E-state index contributed by atoms with van der Waals surface area (Å²) in [6.07, 6.45) is -3.79. The molecule has 2 unspecified atom stereocenters. The Morgan fingerprint density at radius 3 is 2.42 bits per heavy atom. The van der Waals surface area contributed by atoms with Crippen molar-refractivity contribution in [3.05, 3.63) is 64.9 Å². The first-order valence-electron chi connectivity index (χ1n) is 13.3. The van der Waals surface area contributed by atoms with Crippen molar-refractivity contribution in [2.45, 2.75) is 31.6 Å². The predicted molar refractivity (Wildman–Crippen MR) is 144 cm³/mol. The highest BCUT2D eigenvalue weighted by Gasteiger charge is 2.65. The second kappa shape index (κ2) is 11.6. The zero-order valence-electron chi connectivity index (χ0n) is 23.3. The number of imide groups is 1. The van der Waals surface area contributed by atoms with Gasteiger partial charge in [0.1, 0.15) is 23.8 Å². The molecule has 2 aliphatic rings. The van der Waals surface area contributed by atoms with Crippen molar-refractivity contribution in [2.75, 3.05) is 44.8 Å². The number of likely N-dealkylation sites (tertiary alicyclic amines) is 1. The number of hydrogen-bond acceptors (Lipinski definition) is 10. The number of amides is 2. The number of nitrogen functional groups attached to an aromatic ring is 1. The van der Waals surface area contributed by atoms with Crippen molar-refractivity contribution in [3.63, 3.8) is 0 Å². The van der Waals surface area contributed by atoms with E-state index in [4.69, 9.17) is 20.3 Å². The molecule has 4 heterocycles. The fourth-order valence-electron chi connectivity index (χ4n) is 5.03. The van der Waals surface area contributed by atoms with Crippen LogP contribution in [0.2, 0.25) is 0 Å². The summed E-state index contributed by atoms with van der Waals surface area (Å²) in [7, 11) is 1.55. The van der Waals surface area contributed by atoms with Crippen LogP contribution in [0.5, 0.6) is 0 Å². The van der Waals surface area contributed by atoms with Gasteiger partial charge in [0.15, 0.2) is 11.9 Å². The van der Waals surface area contributed by atoms with Gasteiger partial charge in [-0.15, -0.1) is 5.10 Å². The lowest BCUT2D eigenvalue weighted by molar-refractivity contribution is -0.221. The molecule has 1 aromatic carbocycles. The van der Waals surface area contributed by atoms with Crippen LogP contribution >= 0.6 is 0 Å². The number of β-lactam (4-membered cyclic amide) rings is 1. The number of carbonyl (C=O) groups excluding carboxylic acids is 3. The van der Waals surface area contributed by atoms with Crippen LogP contribution in [0, 0.1) is 12.3 Å². The molecule has 2 atom stereocenters. The molecule has 0 saturated carbocycles. The number of nitrogens with two attached hydrogens (primary N) is 1. The number of benzene rings is 1. The van der Waals surface area contributed by atoms with Crippen LogP contribution in [0.15, 0.2) is 41.0 Å². The maximum Gasteiger partial charge on any atom is 0.410 e. The molecule has 0 bridgehead atoms. The van der Waals surface area contributed by atoms with Crippen molar-refractivity contribution in [1.82, 2.24) is 24.6 Å². The number of aromatic nitrogens is 3. The lowest BCUT2D eigenvalue weighted by atomic mass is 9.85. The molecule has 2 saturated heterocycles. The molecule has 228 valence electrons. The van der Waals surface area contributed by atoms with E-state index in [0.717, 1.165) is 4.68 Å². The van der Waals surface area contributed by atoms with Gasteiger partial charge in [-0.25, -0.2) is 0 Å². The van der Waals surface area contributed by atoms with Gasteiger partial charge in [-0.1, -0.05) is 24.3 Å². The van der Waals surface area contributed by atoms with E-state index in [-0.39, 0.29) is 35.3 Å². The van der Waals surface area contributed by atoms with Crippen molar-refractivity contribution in [1.29, 1.82) is 5.41 Å². The van der Waals surface area contributed by atoms with Gasteiger partial charge in [0, 0.05) is 32.2 Å². The zero-order valence-corrected chi connectivity index (χ0v) is 23.3. The molecular weight excluding hydrogens is 573 g/mol. The van der Waals surface area contributed by atoms with Gasteiger partial charge < -0.3 is 19.8 Å². The Morgan fingerprint density at radius 1 is 1.16 bits per heavy atom. The summed E-state index contributed by atoms with van der Waals surface area (Å²) in [6, 6.07) is 5.60. The molecule has 3 aromatic rings. The number of halogens is 3. The van der Waals surface area contributed by atoms with E-state index in [2.05, 4.69) is 10.1 Å². The van der Waals surface area contributed by atoms with Crippen LogP contribution in [-0.4, -0.2) is 100 Å². The molecule has 3 N–H and O–H groups in total. The first-order valence-corrected chi connectivity index (χ1v) is 13.3. The lowest BCUT2D eigenvalue weighted by Crippen LogP contribution is -2.68. The number of ether oxygens (including phenoxy) is 1. The van der Waals surface area contributed by atoms with Gasteiger partial charge >= 0.3 is 6.18 Å². The molecular formula is C27H29F3N8O5. The monoisotopic (exact) mass is 602 g/mol. The first kappa shape index (κ1) is 29.9. The van der Waals surface area contributed by atoms with Gasteiger partial charge in [-0.2, -0.15) is 22.8 Å². The predicted octanol–water partition coefficient (Wildman–Crippen LogP) is 1.50. The minimum absolute atomic E-state index is 0.0732. The van der Waals surface area contributed by atoms with E-state index in [1.54, 1.807) is 43.1 Å². The van der Waals surface area contributed by atoms with E-state index in [1.165, 1.54) is 17.2 Å². The van der Waals surface area contributed by atoms with Crippen molar-refractivity contribution in [2.24, 2.45) is 5.73 Å². The highest BCUT2D eigenvalue weighted by molar-refractivity contribution is 6.05. The van der Waals surface area contributed by atoms with Crippen molar-refractivity contribution in [3.8, 4) is 0 Å². The summed E-state index contributed by atoms with van der Waals surface area (Å²) in [6.45, 7) is 2.74. The maximum atomic E-state index is 14.3. The van der Waals surface area contributed by atoms with Crippen LogP contribution in [0.4, 0.5) is 19.1 Å². The number of nitrogens with one attached hydrogen (secondary N) is 1. The number of hydrogen-bond donors (Lipinski definition) is 2. The molecule has 13 nitrogen and oxygen atoms in total. The molecule has 2 fully saturated rings. The van der Waals surface area contributed by atoms with Crippen molar-refractivity contribution < 1.29 is 36.7 Å². The smallest absolute Gasteiger partial charge is 0.410 e. The fraction of sp³-hybridized carbons (Fsp3) is 0.407. The average Bonchev–Trinajstić information content (AvgIpc) is 3.58. The van der Waals surface area contributed by atoms with Crippen LogP contribution in [-0.2, 0) is 20.9 Å². The third-order valence-corrected chi connectivity index (χ3v) is 7.24. The number of carbonyl (C=O) groups is 3. The number of nitrogens with zero attached hydrogens (tertiary/aromatic N) is 6. The van der Waals surface area contributed by atoms with Crippen LogP contribution in [0.3, 0.4) is 0 Å². The second-order valence-corrected chi connectivity index (χ2v) is 10.4. The summed E-state index contributed by atoms with van der Waals surface area (Å²) in [5.41, 5.74) is 6.79. The number of alkyl halides is 3. The summed E-state index contributed by atoms with van der Waals surface area (Å²) >= 11 is 0. The molecule has 16 heteroatoms. The molecule has 0 aliphatic carbocycles. The fourth-order valence-corrected chi connectivity index (χ4v) is 5.03. The van der Waals surface area contributed by atoms with Crippen molar-refractivity contribution >= 4 is 29.5 Å². The Labute approximate surface area is 243 Å². The Morgan fingerprint density at radius 2 is 1.84 bits per heavy atom. The molecule has 5 rings (SSSR count). The summed E-state index contributed by atoms with van der Waals surface area (Å²) in [4.78, 5) is 47.0. The maximum absolute atomic E-state index is 14.3. The molecule has 2 amide bonds. The summed E-state index contributed by atoms with van der Waals surface area (Å²) in [5, 5.41) is 11.6. The van der Waals surface area contributed by atoms with Gasteiger partial charge in [0.25, 0.3) is 5.91 Å². The van der Waals surface area contributed by atoms with Crippen LogP contribution in [0.1, 0.15) is 39.0 Å². The Balaban J connectivity index is 1.46. The highest BCUT2D eigenvalue weighted by Crippen LogP contribution is 2.44. The van der Waals surface area contributed by atoms with Gasteiger partial charge in [0.05, 0.1) is 25.3 Å². The number of rotatable bonds is 8. The Hall–Kier alpha value is -4.57. The van der Waals surface area contributed by atoms with E-state index >= 15 is 0 Å². The van der Waals surface area contributed by atoms with Crippen LogP contribution < -0.4 is 10.6 Å². The lowest BCUT2D eigenvalue weighted by Gasteiger charge is -2.45. The van der Waals surface area contributed by atoms with E-state index in [0.29, 0.717) is 43.2 Å². The number of anilines is 1. The topological polar surface area (TPSA) is 164 Å². The van der Waals surface area contributed by atoms with E-state index in [1.807, 2.05) is 0 Å². The molecule has 0 spiro atoms. The third-order valence-electron chi connectivity index (χ3n) is 7.24. The van der Waals surface area contributed by atoms with Gasteiger partial charge in [0.2, 0.25) is 17.8 Å². The Kier molecular flexibility index (Phi) is 8.07. The largest absolute Gasteiger partial charge is 0.469 e. The van der Waals surface area contributed by atoms with Gasteiger partial charge in [-0.05, 0) is 18.6 Å². The normalized spacial score (nSPS) is 19.3. The minimum atomic E-state index is -4.97. The quantitative estimate of drug-likeness (QED) is 0.219. The average molecular weight is 603 g/mol. The molecule has 0 radical (unpaired) electrons. The van der Waals surface area contributed by atoms with E-state index in [9.17, 15) is 27.6 Å². The highest BCUT2D eigenvalue weighted by atomic mass is 19.4. The summed E-state index contributed by atoms with van der Waals surface area (Å²) in [5.74, 6) is -5.10. The summed E-state index contributed by atoms with van der Waals surface area (Å²) < 4.78 is 54.2. The van der Waals surface area contributed by atoms with Gasteiger partial charge in [-0.3, -0.25) is 29.6 Å². The third kappa shape index (κ3) is 6.01. The second-order valence-electron chi connectivity index (χ2n) is 10.4. The Bertz CT molecular complexity index is 1540. The SMILES string of the molecule is Cc1cc(C(=O)n2nc(C3C(=O)N(C(=O)CN4CCOCC4)C3C(F)(F)F)nc2N(C)Cc2ccc(C(=N)N)cc2)co1. The number of morpholine rings is 1.